The fourth-order valence-electron chi connectivity index (χ4n) is 5.38. The number of hydrogen-bond acceptors (Lipinski definition) is 4. The van der Waals surface area contributed by atoms with Crippen molar-refractivity contribution in [2.45, 2.75) is 32.2 Å². The second-order valence-corrected chi connectivity index (χ2v) is 10.7. The predicted octanol–water partition coefficient (Wildman–Crippen LogP) is 4.45. The van der Waals surface area contributed by atoms with Crippen molar-refractivity contribution in [2.24, 2.45) is 0 Å². The van der Waals surface area contributed by atoms with E-state index < -0.39 is 0 Å². The minimum atomic E-state index is -0.302. The van der Waals surface area contributed by atoms with Crippen molar-refractivity contribution >= 4 is 23.2 Å². The third-order valence-electron chi connectivity index (χ3n) is 7.36. The molecule has 0 bridgehead atoms. The van der Waals surface area contributed by atoms with Gasteiger partial charge in [-0.25, -0.2) is 4.39 Å². The van der Waals surface area contributed by atoms with Crippen LogP contribution >= 0.6 is 11.3 Å². The molecule has 0 unspecified atom stereocenters. The summed E-state index contributed by atoms with van der Waals surface area (Å²) in [6.45, 7) is 5.74. The van der Waals surface area contributed by atoms with E-state index >= 15 is 0 Å². The van der Waals surface area contributed by atoms with Crippen LogP contribution in [0.2, 0.25) is 0 Å². The maximum atomic E-state index is 13.5. The van der Waals surface area contributed by atoms with Crippen molar-refractivity contribution in [1.29, 1.82) is 0 Å². The summed E-state index contributed by atoms with van der Waals surface area (Å²) in [7, 11) is 0. The number of rotatable bonds is 5. The molecule has 188 valence electrons. The van der Waals surface area contributed by atoms with Gasteiger partial charge >= 0.3 is 0 Å². The minimum absolute atomic E-state index is 0.0246. The number of aryl methyl sites for hydroxylation is 1. The Hall–Kier alpha value is -3.03. The molecule has 0 radical (unpaired) electrons. The van der Waals surface area contributed by atoms with Crippen LogP contribution in [0.3, 0.4) is 0 Å². The molecule has 1 saturated heterocycles. The minimum Gasteiger partial charge on any atom is -0.341 e. The zero-order valence-electron chi connectivity index (χ0n) is 20.7. The van der Waals surface area contributed by atoms with E-state index in [1.165, 1.54) is 33.7 Å². The van der Waals surface area contributed by atoms with Crippen molar-refractivity contribution < 1.29 is 14.0 Å². The van der Waals surface area contributed by atoms with Crippen molar-refractivity contribution in [3.8, 4) is 0 Å². The van der Waals surface area contributed by atoms with E-state index in [-0.39, 0.29) is 30.1 Å². The fraction of sp³-hybridized carbons (Fsp3) is 0.379. The van der Waals surface area contributed by atoms with Gasteiger partial charge in [-0.1, -0.05) is 36.4 Å². The standard InChI is InChI=1S/C29H32FN3O2S/c1-21-5-2-3-6-24(21)29-25-12-18-36-26(25)11-15-33(29)20-28(35)32-14-4-13-31(16-17-32)27(34)19-22-7-9-23(30)10-8-22/h2-3,5-10,12,18,29H,4,11,13-17,19-20H2,1H3/t29-/m0/s1. The van der Waals surface area contributed by atoms with E-state index in [1.807, 2.05) is 21.1 Å². The van der Waals surface area contributed by atoms with Crippen LogP contribution in [0.15, 0.2) is 60.0 Å². The van der Waals surface area contributed by atoms with Crippen LogP contribution in [-0.4, -0.2) is 65.8 Å². The monoisotopic (exact) mass is 505 g/mol. The molecule has 1 atom stereocenters. The maximum absolute atomic E-state index is 13.5. The lowest BCUT2D eigenvalue weighted by Crippen LogP contribution is -2.45. The lowest BCUT2D eigenvalue weighted by atomic mass is 9.90. The molecule has 0 aliphatic carbocycles. The fourth-order valence-corrected chi connectivity index (χ4v) is 6.28. The number of fused-ring (bicyclic) bond motifs is 1. The van der Waals surface area contributed by atoms with Gasteiger partial charge < -0.3 is 9.80 Å². The van der Waals surface area contributed by atoms with Gasteiger partial charge in [-0.15, -0.1) is 11.3 Å². The van der Waals surface area contributed by atoms with Crippen molar-refractivity contribution in [3.05, 3.63) is 92.9 Å². The normalized spacial score (nSPS) is 18.6. The highest BCUT2D eigenvalue weighted by atomic mass is 32.1. The largest absolute Gasteiger partial charge is 0.341 e. The summed E-state index contributed by atoms with van der Waals surface area (Å²) < 4.78 is 13.2. The molecule has 3 heterocycles. The third kappa shape index (κ3) is 5.37. The number of benzene rings is 2. The van der Waals surface area contributed by atoms with Crippen LogP contribution < -0.4 is 0 Å². The quantitative estimate of drug-likeness (QED) is 0.515. The highest BCUT2D eigenvalue weighted by Gasteiger charge is 2.33. The van der Waals surface area contributed by atoms with Crippen LogP contribution in [0.4, 0.5) is 4.39 Å². The molecule has 36 heavy (non-hydrogen) atoms. The second kappa shape index (κ2) is 10.9. The molecule has 0 spiro atoms. The Morgan fingerprint density at radius 1 is 0.889 bits per heavy atom. The molecule has 1 fully saturated rings. The Morgan fingerprint density at radius 3 is 2.36 bits per heavy atom. The van der Waals surface area contributed by atoms with Gasteiger partial charge in [-0.2, -0.15) is 0 Å². The van der Waals surface area contributed by atoms with E-state index in [9.17, 15) is 14.0 Å². The summed E-state index contributed by atoms with van der Waals surface area (Å²) in [6, 6.07) is 16.8. The van der Waals surface area contributed by atoms with Gasteiger partial charge in [0.15, 0.2) is 0 Å². The number of hydrogen-bond donors (Lipinski definition) is 0. The second-order valence-electron chi connectivity index (χ2n) is 9.70. The summed E-state index contributed by atoms with van der Waals surface area (Å²) in [5.74, 6) is -0.152. The van der Waals surface area contributed by atoms with Crippen LogP contribution in [-0.2, 0) is 22.4 Å². The smallest absolute Gasteiger partial charge is 0.236 e. The molecule has 7 heteroatoms. The number of amides is 2. The zero-order valence-corrected chi connectivity index (χ0v) is 21.5. The molecular formula is C29H32FN3O2S. The van der Waals surface area contributed by atoms with E-state index in [0.29, 0.717) is 32.7 Å². The first-order valence-electron chi connectivity index (χ1n) is 12.7. The van der Waals surface area contributed by atoms with Gasteiger partial charge in [-0.05, 0) is 65.6 Å². The van der Waals surface area contributed by atoms with Gasteiger partial charge in [0.05, 0.1) is 19.0 Å². The molecule has 5 rings (SSSR count). The average molecular weight is 506 g/mol. The van der Waals surface area contributed by atoms with Gasteiger partial charge in [0.25, 0.3) is 0 Å². The van der Waals surface area contributed by atoms with Crippen molar-refractivity contribution in [3.63, 3.8) is 0 Å². The van der Waals surface area contributed by atoms with Gasteiger partial charge in [-0.3, -0.25) is 14.5 Å². The van der Waals surface area contributed by atoms with Crippen molar-refractivity contribution in [1.82, 2.24) is 14.7 Å². The highest BCUT2D eigenvalue weighted by Crippen LogP contribution is 2.38. The first kappa shape index (κ1) is 24.7. The lowest BCUT2D eigenvalue weighted by Gasteiger charge is -2.37. The van der Waals surface area contributed by atoms with E-state index in [4.69, 9.17) is 0 Å². The number of carbonyl (C=O) groups excluding carboxylic acids is 2. The molecule has 2 aliphatic rings. The van der Waals surface area contributed by atoms with Crippen molar-refractivity contribution in [2.75, 3.05) is 39.3 Å². The number of thiophene rings is 1. The third-order valence-corrected chi connectivity index (χ3v) is 8.35. The molecule has 2 amide bonds. The summed E-state index contributed by atoms with van der Waals surface area (Å²) in [5, 5.41) is 2.16. The maximum Gasteiger partial charge on any atom is 0.236 e. The zero-order chi connectivity index (χ0) is 25.1. The van der Waals surface area contributed by atoms with E-state index in [2.05, 4.69) is 47.5 Å². The predicted molar refractivity (Wildman–Crippen MR) is 140 cm³/mol. The molecule has 2 aliphatic heterocycles. The van der Waals surface area contributed by atoms with Crippen LogP contribution in [0.1, 0.15) is 39.6 Å². The number of carbonyl (C=O) groups is 2. The van der Waals surface area contributed by atoms with Gasteiger partial charge in [0.2, 0.25) is 11.8 Å². The van der Waals surface area contributed by atoms with E-state index in [0.717, 1.165) is 24.9 Å². The molecule has 5 nitrogen and oxygen atoms in total. The van der Waals surface area contributed by atoms with Crippen LogP contribution in [0, 0.1) is 12.7 Å². The first-order valence-corrected chi connectivity index (χ1v) is 13.5. The van der Waals surface area contributed by atoms with Crippen LogP contribution in [0.5, 0.6) is 0 Å². The Bertz CT molecular complexity index is 1230. The number of nitrogens with zero attached hydrogens (tertiary/aromatic N) is 3. The summed E-state index contributed by atoms with van der Waals surface area (Å²) >= 11 is 1.81. The first-order chi connectivity index (χ1) is 17.5. The molecule has 2 aromatic carbocycles. The van der Waals surface area contributed by atoms with E-state index in [1.54, 1.807) is 12.1 Å². The Morgan fingerprint density at radius 2 is 1.61 bits per heavy atom. The summed E-state index contributed by atoms with van der Waals surface area (Å²) in [5.41, 5.74) is 4.63. The molecule has 0 saturated carbocycles. The van der Waals surface area contributed by atoms with Gasteiger partial charge in [0, 0.05) is 37.6 Å². The molecule has 0 N–H and O–H groups in total. The topological polar surface area (TPSA) is 43.9 Å². The SMILES string of the molecule is Cc1ccccc1[C@H]1c2ccsc2CCN1CC(=O)N1CCCN(C(=O)Cc2ccc(F)cc2)CC1. The average Bonchev–Trinajstić information content (AvgIpc) is 3.21. The Labute approximate surface area is 216 Å². The summed E-state index contributed by atoms with van der Waals surface area (Å²) in [4.78, 5) is 33.8. The number of halogens is 1. The summed E-state index contributed by atoms with van der Waals surface area (Å²) in [6.07, 6.45) is 1.98. The molecule has 3 aromatic rings. The highest BCUT2D eigenvalue weighted by molar-refractivity contribution is 7.10. The lowest BCUT2D eigenvalue weighted by molar-refractivity contribution is -0.134. The van der Waals surface area contributed by atoms with Gasteiger partial charge in [0.1, 0.15) is 5.82 Å². The Balaban J connectivity index is 1.24. The molecular weight excluding hydrogens is 473 g/mol. The molecule has 1 aromatic heterocycles. The Kier molecular flexibility index (Phi) is 7.48. The van der Waals surface area contributed by atoms with Crippen LogP contribution in [0.25, 0.3) is 0 Å².